The molecule has 0 bridgehead atoms. The average molecular weight is 224 g/mol. The van der Waals surface area contributed by atoms with E-state index in [1.165, 1.54) is 0 Å². The highest BCUT2D eigenvalue weighted by Gasteiger charge is 2.14. The molecule has 1 aromatic rings. The van der Waals surface area contributed by atoms with Gasteiger partial charge in [-0.15, -0.1) is 0 Å². The van der Waals surface area contributed by atoms with Crippen LogP contribution in [-0.4, -0.2) is 13.2 Å². The lowest BCUT2D eigenvalue weighted by molar-refractivity contribution is -0.0502. The highest BCUT2D eigenvalue weighted by molar-refractivity contribution is 5.34. The van der Waals surface area contributed by atoms with E-state index < -0.39 is 29.7 Å². The minimum atomic E-state index is -3.12. The molecule has 0 amide bonds. The number of hydrogen-bond acceptors (Lipinski definition) is 2. The van der Waals surface area contributed by atoms with Crippen LogP contribution in [0.25, 0.3) is 0 Å². The fourth-order valence-corrected chi connectivity index (χ4v) is 0.990. The summed E-state index contributed by atoms with van der Waals surface area (Å²) in [5.41, 5.74) is 0. The summed E-state index contributed by atoms with van der Waals surface area (Å²) in [6.07, 6.45) is 0. The van der Waals surface area contributed by atoms with E-state index in [1.54, 1.807) is 6.92 Å². The zero-order valence-corrected chi connectivity index (χ0v) is 7.77. The molecule has 0 saturated heterocycles. The van der Waals surface area contributed by atoms with Crippen molar-refractivity contribution in [2.24, 2.45) is 0 Å². The van der Waals surface area contributed by atoms with Gasteiger partial charge in [0.1, 0.15) is 5.75 Å². The van der Waals surface area contributed by atoms with Gasteiger partial charge in [-0.1, -0.05) is 0 Å². The first-order valence-electron chi connectivity index (χ1n) is 4.11. The maximum atomic E-state index is 13.1. The first-order chi connectivity index (χ1) is 7.04. The minimum Gasteiger partial charge on any atom is -0.488 e. The molecular weight excluding hydrogens is 216 g/mol. The second kappa shape index (κ2) is 4.86. The van der Waals surface area contributed by atoms with Crippen molar-refractivity contribution in [3.8, 4) is 11.5 Å². The van der Waals surface area contributed by atoms with Gasteiger partial charge >= 0.3 is 6.61 Å². The van der Waals surface area contributed by atoms with Crippen LogP contribution in [0.3, 0.4) is 0 Å². The maximum absolute atomic E-state index is 13.1. The fraction of sp³-hybridized carbons (Fsp3) is 0.333. The summed E-state index contributed by atoms with van der Waals surface area (Å²) in [5, 5.41) is 0. The van der Waals surface area contributed by atoms with Crippen molar-refractivity contribution in [3.05, 3.63) is 23.8 Å². The van der Waals surface area contributed by atoms with E-state index in [-0.39, 0.29) is 6.61 Å². The predicted octanol–water partition coefficient (Wildman–Crippen LogP) is 2.96. The van der Waals surface area contributed by atoms with E-state index in [2.05, 4.69) is 9.47 Å². The lowest BCUT2D eigenvalue weighted by atomic mass is 10.3. The zero-order chi connectivity index (χ0) is 11.4. The van der Waals surface area contributed by atoms with Crippen molar-refractivity contribution in [3.63, 3.8) is 0 Å². The Morgan fingerprint density at radius 1 is 1.20 bits per heavy atom. The van der Waals surface area contributed by atoms with Gasteiger partial charge in [0.05, 0.1) is 6.61 Å². The molecule has 0 radical (unpaired) electrons. The highest BCUT2D eigenvalue weighted by Crippen LogP contribution is 2.27. The van der Waals surface area contributed by atoms with Crippen molar-refractivity contribution in [1.82, 2.24) is 0 Å². The number of benzene rings is 1. The minimum absolute atomic E-state index is 0.0723. The predicted molar refractivity (Wildman–Crippen MR) is 44.2 cm³/mol. The third-order valence-corrected chi connectivity index (χ3v) is 1.49. The van der Waals surface area contributed by atoms with Gasteiger partial charge in [0.2, 0.25) is 0 Å². The number of hydrogen-bond donors (Lipinski definition) is 0. The quantitative estimate of drug-likeness (QED) is 0.732. The molecule has 6 heteroatoms. The van der Waals surface area contributed by atoms with E-state index in [4.69, 9.17) is 0 Å². The van der Waals surface area contributed by atoms with Gasteiger partial charge in [0.15, 0.2) is 17.4 Å². The fourth-order valence-electron chi connectivity index (χ4n) is 0.990. The molecule has 0 aliphatic carbocycles. The van der Waals surface area contributed by atoms with Crippen LogP contribution in [0.2, 0.25) is 0 Å². The van der Waals surface area contributed by atoms with Crippen molar-refractivity contribution in [1.29, 1.82) is 0 Å². The maximum Gasteiger partial charge on any atom is 0.387 e. The van der Waals surface area contributed by atoms with Crippen molar-refractivity contribution < 1.29 is 27.0 Å². The SMILES string of the molecule is CCOc1c(F)cc(OC(F)F)cc1F. The highest BCUT2D eigenvalue weighted by atomic mass is 19.3. The Kier molecular flexibility index (Phi) is 3.76. The van der Waals surface area contributed by atoms with Gasteiger partial charge in [-0.3, -0.25) is 0 Å². The first kappa shape index (κ1) is 11.6. The van der Waals surface area contributed by atoms with Crippen LogP contribution in [0.15, 0.2) is 12.1 Å². The molecule has 0 fully saturated rings. The van der Waals surface area contributed by atoms with Gasteiger partial charge in [-0.2, -0.15) is 8.78 Å². The standard InChI is InChI=1S/C9H8F4O2/c1-2-14-8-6(10)3-5(4-7(8)11)15-9(12)13/h3-4,9H,2H2,1H3. The van der Waals surface area contributed by atoms with Gasteiger partial charge in [-0.25, -0.2) is 8.78 Å². The molecule has 0 aliphatic rings. The monoisotopic (exact) mass is 224 g/mol. The Morgan fingerprint density at radius 2 is 1.73 bits per heavy atom. The molecule has 84 valence electrons. The topological polar surface area (TPSA) is 18.5 Å². The molecule has 0 heterocycles. The third-order valence-electron chi connectivity index (χ3n) is 1.49. The molecule has 0 spiro atoms. The van der Waals surface area contributed by atoms with Crippen LogP contribution < -0.4 is 9.47 Å². The Balaban J connectivity index is 2.97. The summed E-state index contributed by atoms with van der Waals surface area (Å²) in [4.78, 5) is 0. The van der Waals surface area contributed by atoms with E-state index in [9.17, 15) is 17.6 Å². The molecule has 0 N–H and O–H groups in total. The summed E-state index contributed by atoms with van der Waals surface area (Å²) < 4.78 is 58.1. The van der Waals surface area contributed by atoms with Crippen LogP contribution >= 0.6 is 0 Å². The van der Waals surface area contributed by atoms with Crippen molar-refractivity contribution in [2.75, 3.05) is 6.61 Å². The van der Waals surface area contributed by atoms with Crippen LogP contribution in [0.5, 0.6) is 11.5 Å². The zero-order valence-electron chi connectivity index (χ0n) is 7.77. The van der Waals surface area contributed by atoms with Crippen LogP contribution in [0.4, 0.5) is 17.6 Å². The van der Waals surface area contributed by atoms with Crippen molar-refractivity contribution >= 4 is 0 Å². The summed E-state index contributed by atoms with van der Waals surface area (Å²) in [6.45, 7) is -1.51. The molecular formula is C9H8F4O2. The van der Waals surface area contributed by atoms with Gasteiger partial charge in [0, 0.05) is 12.1 Å². The number of rotatable bonds is 4. The van der Waals surface area contributed by atoms with E-state index >= 15 is 0 Å². The van der Waals surface area contributed by atoms with Crippen LogP contribution in [-0.2, 0) is 0 Å². The molecule has 0 unspecified atom stereocenters. The molecule has 0 saturated carbocycles. The van der Waals surface area contributed by atoms with Crippen LogP contribution in [0, 0.1) is 11.6 Å². The summed E-state index contributed by atoms with van der Waals surface area (Å²) in [5.74, 6) is -3.33. The smallest absolute Gasteiger partial charge is 0.387 e. The van der Waals surface area contributed by atoms with Gasteiger partial charge in [0.25, 0.3) is 0 Å². The lowest BCUT2D eigenvalue weighted by Gasteiger charge is -2.09. The summed E-state index contributed by atoms with van der Waals surface area (Å²) in [7, 11) is 0. The van der Waals surface area contributed by atoms with Gasteiger partial charge < -0.3 is 9.47 Å². The van der Waals surface area contributed by atoms with Gasteiger partial charge in [-0.05, 0) is 6.92 Å². The second-order valence-corrected chi connectivity index (χ2v) is 2.53. The average Bonchev–Trinajstić information content (AvgIpc) is 2.10. The Morgan fingerprint density at radius 3 is 2.13 bits per heavy atom. The lowest BCUT2D eigenvalue weighted by Crippen LogP contribution is -2.04. The first-order valence-corrected chi connectivity index (χ1v) is 4.11. The molecule has 1 aromatic carbocycles. The number of alkyl halides is 2. The molecule has 0 atom stereocenters. The molecule has 2 nitrogen and oxygen atoms in total. The molecule has 0 aliphatic heterocycles. The van der Waals surface area contributed by atoms with Crippen LogP contribution in [0.1, 0.15) is 6.92 Å². The number of ether oxygens (including phenoxy) is 2. The summed E-state index contributed by atoms with van der Waals surface area (Å²) >= 11 is 0. The molecule has 1 rings (SSSR count). The molecule has 0 aromatic heterocycles. The Bertz CT molecular complexity index is 318. The Labute approximate surface area is 83.4 Å². The normalized spacial score (nSPS) is 10.5. The number of halogens is 4. The van der Waals surface area contributed by atoms with Crippen molar-refractivity contribution in [2.45, 2.75) is 13.5 Å². The van der Waals surface area contributed by atoms with E-state index in [1.807, 2.05) is 0 Å². The third kappa shape index (κ3) is 3.00. The molecule has 15 heavy (non-hydrogen) atoms. The largest absolute Gasteiger partial charge is 0.488 e. The Hall–Kier alpha value is -1.46. The van der Waals surface area contributed by atoms with E-state index in [0.29, 0.717) is 12.1 Å². The van der Waals surface area contributed by atoms with E-state index in [0.717, 1.165) is 0 Å². The second-order valence-electron chi connectivity index (χ2n) is 2.53. The summed E-state index contributed by atoms with van der Waals surface area (Å²) in [6, 6.07) is 1.28.